The minimum Gasteiger partial charge on any atom is -0.395 e. The largest absolute Gasteiger partial charge is 0.395 e. The van der Waals surface area contributed by atoms with Crippen LogP contribution in [0.5, 0.6) is 0 Å². The predicted octanol–water partition coefficient (Wildman–Crippen LogP) is 2.68. The molecule has 5 nitrogen and oxygen atoms in total. The summed E-state index contributed by atoms with van der Waals surface area (Å²) in [4.78, 5) is 2.41. The first-order chi connectivity index (χ1) is 13.3. The minimum absolute atomic E-state index is 0.291. The predicted molar refractivity (Wildman–Crippen MR) is 113 cm³/mol. The van der Waals surface area contributed by atoms with Crippen LogP contribution >= 0.6 is 34.7 Å². The van der Waals surface area contributed by atoms with Gasteiger partial charge in [0.05, 0.1) is 35.9 Å². The Kier molecular flexibility index (Phi) is 7.44. The number of aryl methyl sites for hydroxylation is 1. The highest BCUT2D eigenvalue weighted by Gasteiger charge is 2.44. The van der Waals surface area contributed by atoms with Crippen LogP contribution in [0.2, 0.25) is 5.02 Å². The van der Waals surface area contributed by atoms with Gasteiger partial charge >= 0.3 is 0 Å². The lowest BCUT2D eigenvalue weighted by molar-refractivity contribution is -0.0701. The van der Waals surface area contributed by atoms with Crippen molar-refractivity contribution in [3.8, 4) is 0 Å². The third-order valence-corrected chi connectivity index (χ3v) is 7.92. The summed E-state index contributed by atoms with van der Waals surface area (Å²) in [5.74, 6) is 0. The smallest absolute Gasteiger partial charge is 0.108 e. The Morgan fingerprint density at radius 2 is 1.82 bits per heavy atom. The van der Waals surface area contributed by atoms with Crippen molar-refractivity contribution in [2.75, 3.05) is 13.7 Å². The molecule has 8 heteroatoms. The molecule has 1 aliphatic heterocycles. The maximum atomic E-state index is 10.6. The molecule has 1 aromatic carbocycles. The molecule has 0 saturated carbocycles. The topological polar surface area (TPSA) is 90.2 Å². The van der Waals surface area contributed by atoms with Gasteiger partial charge in [0.1, 0.15) is 6.10 Å². The van der Waals surface area contributed by atoms with Gasteiger partial charge in [0.15, 0.2) is 0 Å². The van der Waals surface area contributed by atoms with Crippen molar-refractivity contribution in [2.45, 2.75) is 48.8 Å². The molecule has 4 N–H and O–H groups in total. The molecule has 1 aliphatic rings. The van der Waals surface area contributed by atoms with Gasteiger partial charge in [0, 0.05) is 28.3 Å². The Hall–Kier alpha value is -0.640. The molecule has 5 atom stereocenters. The average molecular weight is 445 g/mol. The zero-order chi connectivity index (χ0) is 20.4. The van der Waals surface area contributed by atoms with Gasteiger partial charge in [-0.05, 0) is 41.8 Å². The van der Waals surface area contributed by atoms with Crippen LogP contribution in [0.25, 0.3) is 0 Å². The van der Waals surface area contributed by atoms with Gasteiger partial charge in [-0.3, -0.25) is 0 Å². The van der Waals surface area contributed by atoms with Crippen LogP contribution in [-0.2, 0) is 17.8 Å². The van der Waals surface area contributed by atoms with E-state index in [0.29, 0.717) is 18.1 Å². The summed E-state index contributed by atoms with van der Waals surface area (Å²) in [5, 5.41) is 40.1. The van der Waals surface area contributed by atoms with E-state index in [2.05, 4.69) is 19.1 Å². The van der Waals surface area contributed by atoms with E-state index in [1.54, 1.807) is 18.4 Å². The average Bonchev–Trinajstić information content (AvgIpc) is 3.08. The Bertz CT molecular complexity index is 810. The first kappa shape index (κ1) is 22.1. The monoisotopic (exact) mass is 444 g/mol. The van der Waals surface area contributed by atoms with Crippen LogP contribution in [0, 0.1) is 6.92 Å². The molecule has 28 heavy (non-hydrogen) atoms. The van der Waals surface area contributed by atoms with Gasteiger partial charge in [0.2, 0.25) is 0 Å². The number of hydrogen-bond donors (Lipinski definition) is 4. The second kappa shape index (κ2) is 9.45. The molecule has 1 saturated heterocycles. The van der Waals surface area contributed by atoms with Gasteiger partial charge in [-0.1, -0.05) is 17.7 Å². The minimum atomic E-state index is -1.34. The van der Waals surface area contributed by atoms with Gasteiger partial charge in [-0.2, -0.15) is 0 Å². The van der Waals surface area contributed by atoms with Crippen LogP contribution in [0.15, 0.2) is 24.3 Å². The SMILES string of the molecule is COCc1cc(Cl)c(Cc2ccc(C)s2)cc1[C@@H]1S[C@H](CO)[C@@H](O)[C@H](O)[C@H]1O. The van der Waals surface area contributed by atoms with E-state index in [1.807, 2.05) is 12.1 Å². The fraction of sp³-hybridized carbons (Fsp3) is 0.500. The molecule has 3 rings (SSSR count). The zero-order valence-corrected chi connectivity index (χ0v) is 18.1. The Morgan fingerprint density at radius 1 is 1.07 bits per heavy atom. The Morgan fingerprint density at radius 3 is 2.43 bits per heavy atom. The maximum Gasteiger partial charge on any atom is 0.108 e. The summed E-state index contributed by atoms with van der Waals surface area (Å²) >= 11 is 9.50. The van der Waals surface area contributed by atoms with E-state index in [0.717, 1.165) is 16.7 Å². The summed E-state index contributed by atoms with van der Waals surface area (Å²) in [6.45, 7) is 2.07. The van der Waals surface area contributed by atoms with Crippen LogP contribution in [0.4, 0.5) is 0 Å². The molecular formula is C20H25ClO5S2. The van der Waals surface area contributed by atoms with Gasteiger partial charge in [-0.25, -0.2) is 0 Å². The molecule has 0 aliphatic carbocycles. The lowest BCUT2D eigenvalue weighted by Crippen LogP contribution is -2.51. The highest BCUT2D eigenvalue weighted by Crippen LogP contribution is 2.45. The number of hydrogen-bond acceptors (Lipinski definition) is 7. The second-order valence-corrected chi connectivity index (χ2v) is 10.2. The first-order valence-electron chi connectivity index (χ1n) is 9.01. The number of rotatable bonds is 6. The number of halogens is 1. The summed E-state index contributed by atoms with van der Waals surface area (Å²) in [5.41, 5.74) is 2.54. The van der Waals surface area contributed by atoms with Crippen molar-refractivity contribution in [1.29, 1.82) is 0 Å². The molecule has 0 spiro atoms. The van der Waals surface area contributed by atoms with Crippen LogP contribution in [-0.4, -0.2) is 57.7 Å². The van der Waals surface area contributed by atoms with Crippen molar-refractivity contribution in [3.63, 3.8) is 0 Å². The zero-order valence-electron chi connectivity index (χ0n) is 15.7. The summed E-state index contributed by atoms with van der Waals surface area (Å²) in [6, 6.07) is 7.93. The van der Waals surface area contributed by atoms with Crippen molar-refractivity contribution in [2.24, 2.45) is 0 Å². The molecule has 2 heterocycles. The van der Waals surface area contributed by atoms with E-state index in [1.165, 1.54) is 21.5 Å². The fourth-order valence-electron chi connectivity index (χ4n) is 3.49. The maximum absolute atomic E-state index is 10.6. The second-order valence-electron chi connectivity index (χ2n) is 7.01. The van der Waals surface area contributed by atoms with Crippen molar-refractivity contribution < 1.29 is 25.2 Å². The van der Waals surface area contributed by atoms with Crippen LogP contribution in [0.1, 0.15) is 31.7 Å². The third kappa shape index (κ3) is 4.57. The van der Waals surface area contributed by atoms with E-state index >= 15 is 0 Å². The van der Waals surface area contributed by atoms with Gasteiger partial charge in [0.25, 0.3) is 0 Å². The molecule has 0 amide bonds. The number of thiophene rings is 1. The summed E-state index contributed by atoms with van der Waals surface area (Å²) in [7, 11) is 1.58. The van der Waals surface area contributed by atoms with E-state index in [4.69, 9.17) is 16.3 Å². The third-order valence-electron chi connectivity index (χ3n) is 4.97. The number of thioether (sulfide) groups is 1. The molecule has 154 valence electrons. The molecule has 0 radical (unpaired) electrons. The molecule has 2 aromatic rings. The summed E-state index contributed by atoms with van der Waals surface area (Å²) in [6.07, 6.45) is -3.03. The van der Waals surface area contributed by atoms with E-state index in [-0.39, 0.29) is 6.61 Å². The first-order valence-corrected chi connectivity index (χ1v) is 11.1. The standard InChI is InChI=1S/C20H25ClO5S2/c1-10-3-4-13(27-10)5-11-6-14(12(9-26-2)7-15(11)21)20-19(25)18(24)17(23)16(8-22)28-20/h3-4,6-7,16-20,22-25H,5,8-9H2,1-2H3/t16-,17-,18+,19-,20+/m1/s1. The number of benzene rings is 1. The fourth-order valence-corrected chi connectivity index (χ4v) is 6.12. The number of methoxy groups -OCH3 is 1. The van der Waals surface area contributed by atoms with E-state index < -0.39 is 28.8 Å². The van der Waals surface area contributed by atoms with Crippen molar-refractivity contribution >= 4 is 34.7 Å². The highest BCUT2D eigenvalue weighted by molar-refractivity contribution is 8.00. The molecular weight excluding hydrogens is 420 g/mol. The molecule has 1 fully saturated rings. The van der Waals surface area contributed by atoms with Crippen LogP contribution in [0.3, 0.4) is 0 Å². The lowest BCUT2D eigenvalue weighted by Gasteiger charge is -2.40. The normalized spacial score (nSPS) is 27.9. The van der Waals surface area contributed by atoms with Crippen molar-refractivity contribution in [1.82, 2.24) is 0 Å². The lowest BCUT2D eigenvalue weighted by atomic mass is 9.92. The van der Waals surface area contributed by atoms with E-state index in [9.17, 15) is 20.4 Å². The number of ether oxygens (including phenoxy) is 1. The van der Waals surface area contributed by atoms with Crippen LogP contribution < -0.4 is 0 Å². The molecule has 0 unspecified atom stereocenters. The van der Waals surface area contributed by atoms with Gasteiger partial charge < -0.3 is 25.2 Å². The Balaban J connectivity index is 2.00. The quantitative estimate of drug-likeness (QED) is 0.547. The van der Waals surface area contributed by atoms with Gasteiger partial charge in [-0.15, -0.1) is 23.1 Å². The Labute approximate surface area is 177 Å². The molecule has 1 aromatic heterocycles. The number of aliphatic hydroxyl groups excluding tert-OH is 4. The number of aliphatic hydroxyl groups is 4. The van der Waals surface area contributed by atoms with Crippen molar-refractivity contribution in [3.05, 3.63) is 55.7 Å². The summed E-state index contributed by atoms with van der Waals surface area (Å²) < 4.78 is 5.30. The highest BCUT2D eigenvalue weighted by atomic mass is 35.5. The molecule has 0 bridgehead atoms.